The molecule has 78 valence electrons. The third kappa shape index (κ3) is 12.0. The number of rotatable bonds is 5. The molecular weight excluding hydrogens is 245 g/mol. The predicted octanol–water partition coefficient (Wildman–Crippen LogP) is -8.39. The maximum Gasteiger partial charge on any atom is 1.00 e. The van der Waals surface area contributed by atoms with Crippen LogP contribution in [0.1, 0.15) is 13.3 Å². The van der Waals surface area contributed by atoms with Gasteiger partial charge in [-0.15, -0.1) is 0 Å². The van der Waals surface area contributed by atoms with E-state index in [1.54, 1.807) is 0 Å². The van der Waals surface area contributed by atoms with Crippen LogP contribution in [0.15, 0.2) is 0 Å². The molecule has 0 bridgehead atoms. The summed E-state index contributed by atoms with van der Waals surface area (Å²) in [7, 11) is -4.67. The monoisotopic (exact) mass is 256 g/mol. The van der Waals surface area contributed by atoms with Crippen LogP contribution in [0.25, 0.3) is 0 Å². The van der Waals surface area contributed by atoms with Crippen molar-refractivity contribution in [3.63, 3.8) is 0 Å². The van der Waals surface area contributed by atoms with E-state index in [0.29, 0.717) is 0 Å². The number of hydrogen-bond donors (Lipinski definition) is 2. The van der Waals surface area contributed by atoms with Gasteiger partial charge in [-0.05, 0) is 19.5 Å². The first kappa shape index (κ1) is 22.0. The Labute approximate surface area is 132 Å². The summed E-state index contributed by atoms with van der Waals surface area (Å²) in [5, 5.41) is 17.9. The van der Waals surface area contributed by atoms with Gasteiger partial charge in [-0.1, -0.05) is 7.60 Å². The maximum absolute atomic E-state index is 10.5. The Bertz CT molecular complexity index is 230. The quantitative estimate of drug-likeness (QED) is 0.372. The summed E-state index contributed by atoms with van der Waals surface area (Å²) in [5.41, 5.74) is 0. The van der Waals surface area contributed by atoms with E-state index in [-0.39, 0.29) is 59.1 Å². The van der Waals surface area contributed by atoms with E-state index in [0.717, 1.165) is 6.92 Å². The predicted molar refractivity (Wildman–Crippen MR) is 39.8 cm³/mol. The van der Waals surface area contributed by atoms with E-state index in [1.165, 1.54) is 0 Å². The molecule has 0 saturated carbocycles. The molecule has 6 nitrogen and oxygen atoms in total. The van der Waals surface area contributed by atoms with Gasteiger partial charge in [0.2, 0.25) is 0 Å². The van der Waals surface area contributed by atoms with Crippen molar-refractivity contribution in [2.45, 2.75) is 25.6 Å². The van der Waals surface area contributed by atoms with Crippen LogP contribution in [-0.4, -0.2) is 34.4 Å². The fraction of sp³-hybridized carbons (Fsp3) is 0.833. The summed E-state index contributed by atoms with van der Waals surface area (Å²) < 4.78 is 10.1. The SMILES string of the molecule is CC(=O)C(O)C(O)CCP(=O)([O-])[O-].[Na+].[Na+]. The number of aliphatic hydroxyl groups excluding tert-OH is 2. The number of aliphatic hydroxyl groups is 2. The molecule has 0 aliphatic rings. The fourth-order valence-corrected chi connectivity index (χ4v) is 1.30. The van der Waals surface area contributed by atoms with Crippen molar-refractivity contribution in [1.29, 1.82) is 0 Å². The summed E-state index contributed by atoms with van der Waals surface area (Å²) in [4.78, 5) is 30.7. The summed E-state index contributed by atoms with van der Waals surface area (Å²) in [6.45, 7) is 1.06. The smallest absolute Gasteiger partial charge is 0.811 e. The second kappa shape index (κ2) is 9.74. The molecule has 0 heterocycles. The van der Waals surface area contributed by atoms with Crippen LogP contribution in [0.2, 0.25) is 0 Å². The molecule has 15 heavy (non-hydrogen) atoms. The van der Waals surface area contributed by atoms with E-state index < -0.39 is 38.2 Å². The van der Waals surface area contributed by atoms with Gasteiger partial charge in [0.05, 0.1) is 6.10 Å². The molecule has 0 radical (unpaired) electrons. The molecule has 9 heteroatoms. The molecule has 0 aromatic heterocycles. The number of carbonyl (C=O) groups is 1. The van der Waals surface area contributed by atoms with Crippen molar-refractivity contribution in [2.75, 3.05) is 6.16 Å². The average Bonchev–Trinajstić information content (AvgIpc) is 1.97. The molecule has 0 spiro atoms. The standard InChI is InChI=1S/C6H13O6P.2Na/c1-4(7)6(9)5(8)2-3-13(10,11)12;;/h5-6,8-9H,2-3H2,1H3,(H2,10,11,12);;/q;2*+1/p-2. The summed E-state index contributed by atoms with van der Waals surface area (Å²) in [5.74, 6) is -0.667. The molecule has 0 rings (SSSR count). The van der Waals surface area contributed by atoms with Crippen LogP contribution in [0, 0.1) is 0 Å². The minimum atomic E-state index is -4.67. The topological polar surface area (TPSA) is 121 Å². The van der Waals surface area contributed by atoms with Crippen molar-refractivity contribution in [3.05, 3.63) is 0 Å². The van der Waals surface area contributed by atoms with Gasteiger partial charge in [-0.25, -0.2) is 0 Å². The van der Waals surface area contributed by atoms with E-state index in [2.05, 4.69) is 0 Å². The van der Waals surface area contributed by atoms with Crippen molar-refractivity contribution in [3.8, 4) is 0 Å². The zero-order valence-electron chi connectivity index (χ0n) is 9.04. The summed E-state index contributed by atoms with van der Waals surface area (Å²) >= 11 is 0. The number of hydrogen-bond acceptors (Lipinski definition) is 6. The van der Waals surface area contributed by atoms with E-state index in [4.69, 9.17) is 10.2 Å². The van der Waals surface area contributed by atoms with Crippen LogP contribution in [0.4, 0.5) is 0 Å². The molecule has 0 saturated heterocycles. The first-order valence-corrected chi connectivity index (χ1v) is 5.34. The molecular formula is C6H11Na2O6P. The third-order valence-electron chi connectivity index (χ3n) is 1.48. The number of ketones is 1. The van der Waals surface area contributed by atoms with Gasteiger partial charge >= 0.3 is 59.1 Å². The zero-order chi connectivity index (χ0) is 10.6. The van der Waals surface area contributed by atoms with Crippen molar-refractivity contribution in [2.24, 2.45) is 0 Å². The molecule has 2 unspecified atom stereocenters. The Morgan fingerprint density at radius 3 is 2.00 bits per heavy atom. The molecule has 0 aromatic rings. The van der Waals surface area contributed by atoms with Crippen LogP contribution in [0.5, 0.6) is 0 Å². The summed E-state index contributed by atoms with van der Waals surface area (Å²) in [6, 6.07) is 0. The second-order valence-corrected chi connectivity index (χ2v) is 4.42. The van der Waals surface area contributed by atoms with Crippen LogP contribution >= 0.6 is 7.60 Å². The van der Waals surface area contributed by atoms with Gasteiger partial charge in [-0.3, -0.25) is 4.79 Å². The Hall–Kier alpha value is 1.74. The van der Waals surface area contributed by atoms with Crippen LogP contribution < -0.4 is 68.9 Å². The first-order valence-electron chi connectivity index (χ1n) is 3.61. The van der Waals surface area contributed by atoms with E-state index in [9.17, 15) is 19.1 Å². The largest absolute Gasteiger partial charge is 1.00 e. The molecule has 0 amide bonds. The van der Waals surface area contributed by atoms with Gasteiger partial charge < -0.3 is 24.6 Å². The van der Waals surface area contributed by atoms with Gasteiger partial charge in [0.1, 0.15) is 6.10 Å². The van der Waals surface area contributed by atoms with Crippen LogP contribution in [-0.2, 0) is 9.36 Å². The minimum absolute atomic E-state index is 0. The Balaban J connectivity index is -0.000000720. The molecule has 0 aliphatic carbocycles. The van der Waals surface area contributed by atoms with E-state index >= 15 is 0 Å². The molecule has 0 aliphatic heterocycles. The maximum atomic E-state index is 10.5. The van der Waals surface area contributed by atoms with Gasteiger partial charge in [0.15, 0.2) is 5.78 Å². The van der Waals surface area contributed by atoms with Crippen LogP contribution in [0.3, 0.4) is 0 Å². The Morgan fingerprint density at radius 2 is 1.73 bits per heavy atom. The average molecular weight is 256 g/mol. The first-order chi connectivity index (χ1) is 5.74. The zero-order valence-corrected chi connectivity index (χ0v) is 13.9. The van der Waals surface area contributed by atoms with Gasteiger partial charge in [0.25, 0.3) is 0 Å². The number of Topliss-reactive ketones (excluding diaryl/α,β-unsaturated/α-hetero) is 1. The van der Waals surface area contributed by atoms with Crippen molar-refractivity contribution in [1.82, 2.24) is 0 Å². The minimum Gasteiger partial charge on any atom is -0.811 e. The molecule has 2 N–H and O–H groups in total. The molecule has 0 fully saturated rings. The van der Waals surface area contributed by atoms with Gasteiger partial charge in [-0.2, -0.15) is 0 Å². The second-order valence-electron chi connectivity index (χ2n) is 2.75. The third-order valence-corrected chi connectivity index (χ3v) is 2.29. The normalized spacial score (nSPS) is 14.5. The molecule has 0 aromatic carbocycles. The van der Waals surface area contributed by atoms with Crippen molar-refractivity contribution < 1.29 is 88.5 Å². The Kier molecular flexibility index (Phi) is 14.3. The fourth-order valence-electron chi connectivity index (χ4n) is 0.719. The summed E-state index contributed by atoms with van der Waals surface area (Å²) in [6.07, 6.45) is -4.30. The Morgan fingerprint density at radius 1 is 1.33 bits per heavy atom. The van der Waals surface area contributed by atoms with Gasteiger partial charge in [0, 0.05) is 0 Å². The van der Waals surface area contributed by atoms with Crippen molar-refractivity contribution >= 4 is 13.4 Å². The number of carbonyl (C=O) groups excluding carboxylic acids is 1. The molecule has 2 atom stereocenters. The van der Waals surface area contributed by atoms with E-state index in [1.807, 2.05) is 0 Å².